The maximum Gasteiger partial charge on any atom is 0.161 e. The van der Waals surface area contributed by atoms with Crippen molar-refractivity contribution in [1.82, 2.24) is 9.97 Å². The van der Waals surface area contributed by atoms with Gasteiger partial charge in [-0.3, -0.25) is 9.97 Å². The molecule has 80 valence electrons. The van der Waals surface area contributed by atoms with Gasteiger partial charge in [-0.15, -0.1) is 0 Å². The van der Waals surface area contributed by atoms with Crippen molar-refractivity contribution in [2.24, 2.45) is 0 Å². The number of anilines is 1. The predicted octanol–water partition coefficient (Wildman–Crippen LogP) is 1.83. The summed E-state index contributed by atoms with van der Waals surface area (Å²) in [5, 5.41) is 0. The summed E-state index contributed by atoms with van der Waals surface area (Å²) in [6.07, 6.45) is 5.35. The van der Waals surface area contributed by atoms with Gasteiger partial charge in [0.25, 0.3) is 0 Å². The summed E-state index contributed by atoms with van der Waals surface area (Å²) in [6, 6.07) is 7.78. The van der Waals surface area contributed by atoms with Crippen LogP contribution in [0.3, 0.4) is 0 Å². The van der Waals surface area contributed by atoms with Crippen LogP contribution in [0.15, 0.2) is 42.9 Å². The molecule has 0 unspecified atom stereocenters. The molecular weight excluding hydrogens is 202 g/mol. The molecule has 0 radical (unpaired) electrons. The van der Waals surface area contributed by atoms with Crippen LogP contribution in [0.2, 0.25) is 0 Å². The Morgan fingerprint density at radius 2 is 2.00 bits per heavy atom. The van der Waals surface area contributed by atoms with Crippen molar-refractivity contribution < 1.29 is 4.74 Å². The third kappa shape index (κ3) is 1.58. The van der Waals surface area contributed by atoms with E-state index in [0.717, 1.165) is 23.7 Å². The highest BCUT2D eigenvalue weighted by Gasteiger charge is 2.17. The molecule has 0 saturated carbocycles. The first-order valence-corrected chi connectivity index (χ1v) is 5.15. The van der Waals surface area contributed by atoms with Crippen LogP contribution in [-0.2, 0) is 6.54 Å². The molecule has 16 heavy (non-hydrogen) atoms. The van der Waals surface area contributed by atoms with Gasteiger partial charge in [0.15, 0.2) is 6.73 Å². The smallest absolute Gasteiger partial charge is 0.161 e. The van der Waals surface area contributed by atoms with Crippen LogP contribution in [0.4, 0.5) is 5.69 Å². The molecule has 4 heteroatoms. The predicted molar refractivity (Wildman–Crippen MR) is 60.2 cm³/mol. The van der Waals surface area contributed by atoms with Gasteiger partial charge in [0.05, 0.1) is 6.54 Å². The summed E-state index contributed by atoms with van der Waals surface area (Å²) < 4.78 is 5.63. The van der Waals surface area contributed by atoms with E-state index in [-0.39, 0.29) is 0 Å². The van der Waals surface area contributed by atoms with Gasteiger partial charge in [0.2, 0.25) is 0 Å². The van der Waals surface area contributed by atoms with E-state index < -0.39 is 0 Å². The lowest BCUT2D eigenvalue weighted by Crippen LogP contribution is -2.32. The van der Waals surface area contributed by atoms with Gasteiger partial charge in [-0.25, -0.2) is 0 Å². The molecule has 0 spiro atoms. The minimum Gasteiger partial charge on any atom is -0.471 e. The first kappa shape index (κ1) is 9.15. The van der Waals surface area contributed by atoms with Crippen LogP contribution in [0.1, 0.15) is 5.69 Å². The van der Waals surface area contributed by atoms with E-state index in [1.165, 1.54) is 0 Å². The molecule has 3 heterocycles. The van der Waals surface area contributed by atoms with Gasteiger partial charge in [-0.05, 0) is 24.3 Å². The van der Waals surface area contributed by atoms with Gasteiger partial charge in [-0.1, -0.05) is 0 Å². The molecule has 0 atom stereocenters. The molecule has 1 aliphatic rings. The standard InChI is InChI=1S/C12H11N3O/c1-2-12-11(14-5-1)8-15(9-16-12)10-3-6-13-7-4-10/h1-7H,8-9H2. The van der Waals surface area contributed by atoms with Crippen LogP contribution in [0.5, 0.6) is 5.75 Å². The van der Waals surface area contributed by atoms with E-state index >= 15 is 0 Å². The summed E-state index contributed by atoms with van der Waals surface area (Å²) in [7, 11) is 0. The fourth-order valence-corrected chi connectivity index (χ4v) is 1.77. The molecule has 4 nitrogen and oxygen atoms in total. The first-order chi connectivity index (χ1) is 7.93. The number of hydrogen-bond acceptors (Lipinski definition) is 4. The number of aromatic nitrogens is 2. The molecule has 0 aromatic carbocycles. The van der Waals surface area contributed by atoms with E-state index in [4.69, 9.17) is 4.74 Å². The van der Waals surface area contributed by atoms with Crippen molar-refractivity contribution in [2.45, 2.75) is 6.54 Å². The Balaban J connectivity index is 1.89. The van der Waals surface area contributed by atoms with Crippen molar-refractivity contribution in [3.8, 4) is 5.75 Å². The van der Waals surface area contributed by atoms with Crippen molar-refractivity contribution >= 4 is 5.69 Å². The Morgan fingerprint density at radius 3 is 2.88 bits per heavy atom. The number of rotatable bonds is 1. The van der Waals surface area contributed by atoms with Crippen LogP contribution >= 0.6 is 0 Å². The fraction of sp³-hybridized carbons (Fsp3) is 0.167. The first-order valence-electron chi connectivity index (χ1n) is 5.15. The fourth-order valence-electron chi connectivity index (χ4n) is 1.77. The molecule has 1 aliphatic heterocycles. The van der Waals surface area contributed by atoms with Crippen molar-refractivity contribution in [2.75, 3.05) is 11.6 Å². The molecular formula is C12H11N3O. The zero-order chi connectivity index (χ0) is 10.8. The minimum absolute atomic E-state index is 0.558. The van der Waals surface area contributed by atoms with E-state index in [0.29, 0.717) is 6.73 Å². The molecule has 0 amide bonds. The highest BCUT2D eigenvalue weighted by Crippen LogP contribution is 2.25. The Bertz CT molecular complexity index is 487. The maximum atomic E-state index is 5.63. The summed E-state index contributed by atoms with van der Waals surface area (Å²) in [4.78, 5) is 10.4. The van der Waals surface area contributed by atoms with E-state index in [1.807, 2.05) is 24.3 Å². The number of ether oxygens (including phenoxy) is 1. The highest BCUT2D eigenvalue weighted by molar-refractivity contribution is 5.47. The maximum absolute atomic E-state index is 5.63. The molecule has 0 bridgehead atoms. The molecule has 3 rings (SSSR count). The lowest BCUT2D eigenvalue weighted by molar-refractivity contribution is 0.286. The number of nitrogens with zero attached hydrogens (tertiary/aromatic N) is 3. The van der Waals surface area contributed by atoms with Gasteiger partial charge in [0.1, 0.15) is 11.4 Å². The van der Waals surface area contributed by atoms with Gasteiger partial charge < -0.3 is 9.64 Å². The lowest BCUT2D eigenvalue weighted by atomic mass is 10.2. The molecule has 0 aliphatic carbocycles. The minimum atomic E-state index is 0.558. The average Bonchev–Trinajstić information content (AvgIpc) is 2.39. The van der Waals surface area contributed by atoms with Gasteiger partial charge in [-0.2, -0.15) is 0 Å². The average molecular weight is 213 g/mol. The van der Waals surface area contributed by atoms with Crippen molar-refractivity contribution in [1.29, 1.82) is 0 Å². The van der Waals surface area contributed by atoms with Crippen molar-refractivity contribution in [3.05, 3.63) is 48.5 Å². The summed E-state index contributed by atoms with van der Waals surface area (Å²) in [5.74, 6) is 0.882. The lowest BCUT2D eigenvalue weighted by Gasteiger charge is -2.29. The zero-order valence-corrected chi connectivity index (χ0v) is 8.71. The number of fused-ring (bicyclic) bond motifs is 1. The van der Waals surface area contributed by atoms with Crippen molar-refractivity contribution in [3.63, 3.8) is 0 Å². The summed E-state index contributed by atoms with van der Waals surface area (Å²) >= 11 is 0. The zero-order valence-electron chi connectivity index (χ0n) is 8.71. The van der Waals surface area contributed by atoms with Gasteiger partial charge in [0, 0.05) is 24.3 Å². The molecule has 0 fully saturated rings. The van der Waals surface area contributed by atoms with Crippen LogP contribution in [-0.4, -0.2) is 16.7 Å². The second kappa shape index (κ2) is 3.81. The Morgan fingerprint density at radius 1 is 1.12 bits per heavy atom. The highest BCUT2D eigenvalue weighted by atomic mass is 16.5. The Hall–Kier alpha value is -2.10. The van der Waals surface area contributed by atoms with E-state index in [2.05, 4.69) is 14.9 Å². The quantitative estimate of drug-likeness (QED) is 0.724. The topological polar surface area (TPSA) is 38.2 Å². The Labute approximate surface area is 93.5 Å². The largest absolute Gasteiger partial charge is 0.471 e. The molecule has 2 aromatic rings. The SMILES string of the molecule is c1cnc2c(c1)OCN(c1ccncc1)C2. The number of pyridine rings is 2. The third-order valence-electron chi connectivity index (χ3n) is 2.59. The molecule has 2 aromatic heterocycles. The second-order valence-electron chi connectivity index (χ2n) is 3.63. The van der Waals surface area contributed by atoms with E-state index in [1.54, 1.807) is 18.6 Å². The van der Waals surface area contributed by atoms with Gasteiger partial charge >= 0.3 is 0 Å². The summed E-state index contributed by atoms with van der Waals surface area (Å²) in [6.45, 7) is 1.34. The summed E-state index contributed by atoms with van der Waals surface area (Å²) in [5.41, 5.74) is 2.08. The second-order valence-corrected chi connectivity index (χ2v) is 3.63. The third-order valence-corrected chi connectivity index (χ3v) is 2.59. The van der Waals surface area contributed by atoms with Crippen LogP contribution in [0, 0.1) is 0 Å². The normalized spacial score (nSPS) is 14.1. The molecule has 0 saturated heterocycles. The molecule has 0 N–H and O–H groups in total. The van der Waals surface area contributed by atoms with Crippen LogP contribution in [0.25, 0.3) is 0 Å². The van der Waals surface area contributed by atoms with E-state index in [9.17, 15) is 0 Å². The monoisotopic (exact) mass is 213 g/mol. The number of hydrogen-bond donors (Lipinski definition) is 0. The Kier molecular flexibility index (Phi) is 2.18. The van der Waals surface area contributed by atoms with Crippen LogP contribution < -0.4 is 9.64 Å².